The van der Waals surface area contributed by atoms with Gasteiger partial charge < -0.3 is 15.8 Å². The normalized spacial score (nSPS) is 11.2. The summed E-state index contributed by atoms with van der Waals surface area (Å²) in [6, 6.07) is 5.98. The first-order valence-corrected chi connectivity index (χ1v) is 8.02. The molecule has 1 aromatic heterocycles. The Morgan fingerprint density at radius 1 is 1.33 bits per heavy atom. The number of hydrogen-bond acceptors (Lipinski definition) is 4. The van der Waals surface area contributed by atoms with E-state index in [-0.39, 0.29) is 0 Å². The Hall–Kier alpha value is -1.33. The third kappa shape index (κ3) is 4.58. The lowest BCUT2D eigenvalue weighted by molar-refractivity contribution is 0.133. The maximum Gasteiger partial charge on any atom is 0.0743 e. The zero-order valence-electron chi connectivity index (χ0n) is 12.5. The van der Waals surface area contributed by atoms with E-state index in [0.29, 0.717) is 18.2 Å². The number of aromatic nitrogens is 1. The van der Waals surface area contributed by atoms with E-state index in [1.165, 1.54) is 0 Å². The number of halogens is 1. The molecule has 5 heteroatoms. The highest BCUT2D eigenvalue weighted by Gasteiger charge is 2.06. The smallest absolute Gasteiger partial charge is 0.0743 e. The summed E-state index contributed by atoms with van der Waals surface area (Å²) in [6.07, 6.45) is 2.78. The van der Waals surface area contributed by atoms with E-state index in [1.54, 1.807) is 6.20 Å². The molecule has 2 rings (SSSR count). The molecular weight excluding hydrogens is 330 g/mol. The molecule has 0 atom stereocenters. The third-order valence-electron chi connectivity index (χ3n) is 3.25. The molecule has 4 nitrogen and oxygen atoms in total. The summed E-state index contributed by atoms with van der Waals surface area (Å²) in [6.45, 7) is 6.60. The van der Waals surface area contributed by atoms with Crippen molar-refractivity contribution in [2.45, 2.75) is 20.3 Å². The highest BCUT2D eigenvalue weighted by atomic mass is 79.9. The van der Waals surface area contributed by atoms with Crippen molar-refractivity contribution in [1.29, 1.82) is 0 Å². The molecule has 0 saturated carbocycles. The predicted octanol–water partition coefficient (Wildman–Crippen LogP) is 4.05. The summed E-state index contributed by atoms with van der Waals surface area (Å²) >= 11 is 3.49. The van der Waals surface area contributed by atoms with Gasteiger partial charge in [0.1, 0.15) is 0 Å². The maximum absolute atomic E-state index is 6.04. The van der Waals surface area contributed by atoms with Crippen molar-refractivity contribution in [3.63, 3.8) is 0 Å². The van der Waals surface area contributed by atoms with Crippen LogP contribution in [-0.4, -0.2) is 24.7 Å². The van der Waals surface area contributed by atoms with E-state index < -0.39 is 0 Å². The summed E-state index contributed by atoms with van der Waals surface area (Å²) < 4.78 is 6.63. The van der Waals surface area contributed by atoms with E-state index in [4.69, 9.17) is 10.5 Å². The Morgan fingerprint density at radius 2 is 2.14 bits per heavy atom. The zero-order valence-corrected chi connectivity index (χ0v) is 14.1. The lowest BCUT2D eigenvalue weighted by Crippen LogP contribution is -2.12. The minimum Gasteiger partial charge on any atom is -0.396 e. The number of nitrogen functional groups attached to an aromatic ring is 1. The molecular formula is C16H22BrN3O. The van der Waals surface area contributed by atoms with Crippen molar-refractivity contribution in [1.82, 2.24) is 4.98 Å². The van der Waals surface area contributed by atoms with Gasteiger partial charge in [-0.1, -0.05) is 29.8 Å². The fourth-order valence-electron chi connectivity index (χ4n) is 2.05. The number of anilines is 2. The van der Waals surface area contributed by atoms with Crippen LogP contribution >= 0.6 is 15.9 Å². The molecule has 0 amide bonds. The Morgan fingerprint density at radius 3 is 2.90 bits per heavy atom. The summed E-state index contributed by atoms with van der Waals surface area (Å²) in [5, 5.41) is 4.38. The van der Waals surface area contributed by atoms with Crippen LogP contribution in [0.25, 0.3) is 10.9 Å². The van der Waals surface area contributed by atoms with Crippen LogP contribution in [0, 0.1) is 5.92 Å². The molecule has 3 N–H and O–H groups in total. The Labute approximate surface area is 134 Å². The first-order valence-electron chi connectivity index (χ1n) is 7.23. The summed E-state index contributed by atoms with van der Waals surface area (Å²) in [4.78, 5) is 4.34. The first kappa shape index (κ1) is 16.0. The van der Waals surface area contributed by atoms with E-state index in [2.05, 4.69) is 40.1 Å². The molecule has 1 heterocycles. The Bertz CT molecular complexity index is 596. The maximum atomic E-state index is 6.04. The monoisotopic (exact) mass is 351 g/mol. The molecule has 0 radical (unpaired) electrons. The first-order chi connectivity index (χ1) is 10.1. The number of nitrogens with two attached hydrogens (primary N) is 1. The van der Waals surface area contributed by atoms with Gasteiger partial charge in [-0.15, -0.1) is 0 Å². The van der Waals surface area contributed by atoms with E-state index in [9.17, 15) is 0 Å². The molecule has 0 unspecified atom stereocenters. The van der Waals surface area contributed by atoms with Crippen LogP contribution in [-0.2, 0) is 4.74 Å². The minimum atomic E-state index is 0.655. The molecule has 0 spiro atoms. The lowest BCUT2D eigenvalue weighted by Gasteiger charge is -2.13. The highest BCUT2D eigenvalue weighted by molar-refractivity contribution is 9.10. The van der Waals surface area contributed by atoms with Crippen LogP contribution in [0.2, 0.25) is 0 Å². The number of rotatable bonds is 7. The summed E-state index contributed by atoms with van der Waals surface area (Å²) in [5.74, 6) is 0.676. The standard InChI is InChI=1S/C16H22BrN3O/c1-11(2)5-7-21-8-6-19-16-13-9-12(17)3-4-15(13)20-10-14(16)18/h3-4,9-11H,5-8,18H2,1-2H3,(H,19,20). The molecule has 0 aliphatic carbocycles. The average Bonchev–Trinajstić information content (AvgIpc) is 2.44. The zero-order chi connectivity index (χ0) is 15.2. The van der Waals surface area contributed by atoms with Crippen molar-refractivity contribution in [2.75, 3.05) is 30.8 Å². The van der Waals surface area contributed by atoms with Crippen LogP contribution < -0.4 is 11.1 Å². The van der Waals surface area contributed by atoms with Gasteiger partial charge in [0.05, 0.1) is 29.7 Å². The number of fused-ring (bicyclic) bond motifs is 1. The van der Waals surface area contributed by atoms with Crippen LogP contribution in [0.4, 0.5) is 11.4 Å². The lowest BCUT2D eigenvalue weighted by atomic mass is 10.1. The molecule has 0 aliphatic heterocycles. The minimum absolute atomic E-state index is 0.655. The predicted molar refractivity (Wildman–Crippen MR) is 92.6 cm³/mol. The van der Waals surface area contributed by atoms with Gasteiger partial charge in [-0.3, -0.25) is 4.98 Å². The number of hydrogen-bond donors (Lipinski definition) is 2. The van der Waals surface area contributed by atoms with E-state index in [0.717, 1.165) is 40.6 Å². The van der Waals surface area contributed by atoms with Gasteiger partial charge in [-0.05, 0) is 30.5 Å². The molecule has 114 valence electrons. The Kier molecular flexibility index (Phi) is 5.82. The van der Waals surface area contributed by atoms with Crippen molar-refractivity contribution in [3.05, 3.63) is 28.9 Å². The van der Waals surface area contributed by atoms with Gasteiger partial charge in [0.25, 0.3) is 0 Å². The average molecular weight is 352 g/mol. The topological polar surface area (TPSA) is 60.2 Å². The van der Waals surface area contributed by atoms with Gasteiger partial charge in [0.2, 0.25) is 0 Å². The Balaban J connectivity index is 1.98. The summed E-state index contributed by atoms with van der Waals surface area (Å²) in [5.41, 5.74) is 8.54. The quantitative estimate of drug-likeness (QED) is 0.738. The third-order valence-corrected chi connectivity index (χ3v) is 3.74. The number of nitrogens with one attached hydrogen (secondary N) is 1. The van der Waals surface area contributed by atoms with Crippen LogP contribution in [0.3, 0.4) is 0 Å². The van der Waals surface area contributed by atoms with Crippen molar-refractivity contribution in [2.24, 2.45) is 5.92 Å². The largest absolute Gasteiger partial charge is 0.396 e. The number of pyridine rings is 1. The van der Waals surface area contributed by atoms with Crippen LogP contribution in [0.15, 0.2) is 28.9 Å². The van der Waals surface area contributed by atoms with Gasteiger partial charge in [-0.25, -0.2) is 0 Å². The molecule has 21 heavy (non-hydrogen) atoms. The fraction of sp³-hybridized carbons (Fsp3) is 0.438. The van der Waals surface area contributed by atoms with E-state index in [1.807, 2.05) is 18.2 Å². The van der Waals surface area contributed by atoms with E-state index >= 15 is 0 Å². The van der Waals surface area contributed by atoms with Crippen LogP contribution in [0.5, 0.6) is 0 Å². The number of benzene rings is 1. The molecule has 0 bridgehead atoms. The molecule has 0 aliphatic rings. The van der Waals surface area contributed by atoms with Gasteiger partial charge >= 0.3 is 0 Å². The summed E-state index contributed by atoms with van der Waals surface area (Å²) in [7, 11) is 0. The second kappa shape index (κ2) is 7.61. The van der Waals surface area contributed by atoms with Gasteiger partial charge in [0, 0.05) is 23.0 Å². The van der Waals surface area contributed by atoms with Crippen molar-refractivity contribution < 1.29 is 4.74 Å². The second-order valence-corrected chi connectivity index (χ2v) is 6.39. The van der Waals surface area contributed by atoms with Gasteiger partial charge in [0.15, 0.2) is 0 Å². The fourth-order valence-corrected chi connectivity index (χ4v) is 2.41. The van der Waals surface area contributed by atoms with Crippen molar-refractivity contribution in [3.8, 4) is 0 Å². The second-order valence-electron chi connectivity index (χ2n) is 5.47. The highest BCUT2D eigenvalue weighted by Crippen LogP contribution is 2.29. The molecule has 0 fully saturated rings. The van der Waals surface area contributed by atoms with Crippen LogP contribution in [0.1, 0.15) is 20.3 Å². The van der Waals surface area contributed by atoms with Crippen molar-refractivity contribution >= 4 is 38.2 Å². The molecule has 1 aromatic carbocycles. The van der Waals surface area contributed by atoms with Gasteiger partial charge in [-0.2, -0.15) is 0 Å². The number of nitrogens with zero attached hydrogens (tertiary/aromatic N) is 1. The molecule has 0 saturated heterocycles. The number of ether oxygens (including phenoxy) is 1. The SMILES string of the molecule is CC(C)CCOCCNc1c(N)cnc2ccc(Br)cc12. The molecule has 2 aromatic rings.